The van der Waals surface area contributed by atoms with Crippen molar-refractivity contribution in [2.24, 2.45) is 0 Å². The van der Waals surface area contributed by atoms with Crippen molar-refractivity contribution in [1.82, 2.24) is 0 Å². The molecule has 0 unspecified atom stereocenters. The first-order chi connectivity index (χ1) is 10.2. The molecule has 0 aliphatic heterocycles. The standard InChI is InChI=1S/C17H20FNO2/c1-20-11-14-5-8-17(9-15(14)12-21-2)19-10-13-3-6-16(18)7-4-13/h3-9,19H,10-12H2,1-2H3. The monoisotopic (exact) mass is 289 g/mol. The van der Waals surface area contributed by atoms with Crippen molar-refractivity contribution >= 4 is 5.69 Å². The Bertz CT molecular complexity index is 570. The number of methoxy groups -OCH3 is 2. The third-order valence-electron chi connectivity index (χ3n) is 3.22. The molecule has 0 bridgehead atoms. The third-order valence-corrected chi connectivity index (χ3v) is 3.22. The van der Waals surface area contributed by atoms with E-state index in [1.807, 2.05) is 12.1 Å². The predicted molar refractivity (Wildman–Crippen MR) is 81.6 cm³/mol. The Balaban J connectivity index is 2.05. The molecule has 3 nitrogen and oxygen atoms in total. The number of benzene rings is 2. The molecule has 0 amide bonds. The number of hydrogen-bond acceptors (Lipinski definition) is 3. The average molecular weight is 289 g/mol. The number of anilines is 1. The Morgan fingerprint density at radius 2 is 1.57 bits per heavy atom. The van der Waals surface area contributed by atoms with Gasteiger partial charge in [-0.15, -0.1) is 0 Å². The lowest BCUT2D eigenvalue weighted by Gasteiger charge is -2.12. The van der Waals surface area contributed by atoms with E-state index in [-0.39, 0.29) is 5.82 Å². The minimum Gasteiger partial charge on any atom is -0.381 e. The van der Waals surface area contributed by atoms with E-state index in [1.54, 1.807) is 26.4 Å². The molecule has 2 rings (SSSR count). The Kier molecular flexibility index (Phi) is 5.72. The molecule has 0 saturated carbocycles. The van der Waals surface area contributed by atoms with Gasteiger partial charge in [-0.3, -0.25) is 0 Å². The van der Waals surface area contributed by atoms with E-state index in [9.17, 15) is 4.39 Å². The van der Waals surface area contributed by atoms with Crippen LogP contribution in [0.3, 0.4) is 0 Å². The van der Waals surface area contributed by atoms with Gasteiger partial charge in [0.1, 0.15) is 5.82 Å². The molecule has 0 radical (unpaired) electrons. The normalized spacial score (nSPS) is 10.6. The summed E-state index contributed by atoms with van der Waals surface area (Å²) in [6.45, 7) is 1.76. The maximum atomic E-state index is 12.9. The molecule has 0 aliphatic carbocycles. The van der Waals surface area contributed by atoms with Gasteiger partial charge in [0, 0.05) is 26.5 Å². The third kappa shape index (κ3) is 4.55. The van der Waals surface area contributed by atoms with Crippen LogP contribution in [-0.2, 0) is 29.2 Å². The molecule has 1 N–H and O–H groups in total. The highest BCUT2D eigenvalue weighted by Crippen LogP contribution is 2.18. The van der Waals surface area contributed by atoms with Crippen molar-refractivity contribution in [3.05, 3.63) is 65.0 Å². The fourth-order valence-electron chi connectivity index (χ4n) is 2.13. The van der Waals surface area contributed by atoms with Gasteiger partial charge >= 0.3 is 0 Å². The molecule has 4 heteroatoms. The number of halogens is 1. The van der Waals surface area contributed by atoms with E-state index in [4.69, 9.17) is 9.47 Å². The average Bonchev–Trinajstić information content (AvgIpc) is 2.49. The Morgan fingerprint density at radius 1 is 0.905 bits per heavy atom. The van der Waals surface area contributed by atoms with Crippen molar-refractivity contribution in [2.75, 3.05) is 19.5 Å². The highest BCUT2D eigenvalue weighted by atomic mass is 19.1. The molecular weight excluding hydrogens is 269 g/mol. The van der Waals surface area contributed by atoms with Crippen molar-refractivity contribution in [3.8, 4) is 0 Å². The second-order valence-corrected chi connectivity index (χ2v) is 4.83. The van der Waals surface area contributed by atoms with Crippen LogP contribution in [0.5, 0.6) is 0 Å². The summed E-state index contributed by atoms with van der Waals surface area (Å²) >= 11 is 0. The summed E-state index contributed by atoms with van der Waals surface area (Å²) in [4.78, 5) is 0. The molecule has 112 valence electrons. The van der Waals surface area contributed by atoms with Crippen LogP contribution in [-0.4, -0.2) is 14.2 Å². The summed E-state index contributed by atoms with van der Waals surface area (Å²) in [5, 5.41) is 3.33. The lowest BCUT2D eigenvalue weighted by atomic mass is 10.1. The van der Waals surface area contributed by atoms with Gasteiger partial charge in [0.15, 0.2) is 0 Å². The first-order valence-electron chi connectivity index (χ1n) is 6.81. The van der Waals surface area contributed by atoms with Crippen LogP contribution < -0.4 is 5.32 Å². The number of ether oxygens (including phenoxy) is 2. The molecular formula is C17H20FNO2. The maximum Gasteiger partial charge on any atom is 0.123 e. The number of nitrogens with one attached hydrogen (secondary N) is 1. The van der Waals surface area contributed by atoms with E-state index in [0.717, 1.165) is 22.4 Å². The molecule has 0 heterocycles. The topological polar surface area (TPSA) is 30.5 Å². The zero-order valence-corrected chi connectivity index (χ0v) is 12.4. The van der Waals surface area contributed by atoms with Crippen LogP contribution in [0, 0.1) is 5.82 Å². The van der Waals surface area contributed by atoms with Crippen LogP contribution in [0.15, 0.2) is 42.5 Å². The predicted octanol–water partition coefficient (Wildman–Crippen LogP) is 3.73. The summed E-state index contributed by atoms with van der Waals surface area (Å²) < 4.78 is 23.3. The molecule has 0 fully saturated rings. The molecule has 0 atom stereocenters. The molecule has 0 saturated heterocycles. The van der Waals surface area contributed by atoms with Gasteiger partial charge in [-0.1, -0.05) is 18.2 Å². The van der Waals surface area contributed by atoms with E-state index in [1.165, 1.54) is 12.1 Å². The summed E-state index contributed by atoms with van der Waals surface area (Å²) in [7, 11) is 3.35. The van der Waals surface area contributed by atoms with Crippen molar-refractivity contribution in [2.45, 2.75) is 19.8 Å². The summed E-state index contributed by atoms with van der Waals surface area (Å²) in [6.07, 6.45) is 0. The highest BCUT2D eigenvalue weighted by molar-refractivity contribution is 5.49. The minimum atomic E-state index is -0.218. The van der Waals surface area contributed by atoms with Gasteiger partial charge in [0.05, 0.1) is 13.2 Å². The van der Waals surface area contributed by atoms with Crippen molar-refractivity contribution in [3.63, 3.8) is 0 Å². The Morgan fingerprint density at radius 3 is 2.24 bits per heavy atom. The smallest absolute Gasteiger partial charge is 0.123 e. The van der Waals surface area contributed by atoms with Crippen LogP contribution in [0.1, 0.15) is 16.7 Å². The molecule has 2 aromatic carbocycles. The van der Waals surface area contributed by atoms with Crippen LogP contribution >= 0.6 is 0 Å². The van der Waals surface area contributed by atoms with Crippen LogP contribution in [0.25, 0.3) is 0 Å². The van der Waals surface area contributed by atoms with Crippen molar-refractivity contribution < 1.29 is 13.9 Å². The van der Waals surface area contributed by atoms with Gasteiger partial charge < -0.3 is 14.8 Å². The Hall–Kier alpha value is -1.91. The second kappa shape index (κ2) is 7.76. The van der Waals surface area contributed by atoms with E-state index >= 15 is 0 Å². The van der Waals surface area contributed by atoms with E-state index in [0.29, 0.717) is 19.8 Å². The summed E-state index contributed by atoms with van der Waals surface area (Å²) in [5.41, 5.74) is 4.26. The molecule has 2 aromatic rings. The van der Waals surface area contributed by atoms with Gasteiger partial charge in [0.2, 0.25) is 0 Å². The molecule has 21 heavy (non-hydrogen) atoms. The lowest BCUT2D eigenvalue weighted by Crippen LogP contribution is -2.03. The zero-order valence-electron chi connectivity index (χ0n) is 12.4. The van der Waals surface area contributed by atoms with Crippen LogP contribution in [0.4, 0.5) is 10.1 Å². The fraction of sp³-hybridized carbons (Fsp3) is 0.294. The summed E-state index contributed by atoms with van der Waals surface area (Å²) in [6, 6.07) is 12.6. The number of hydrogen-bond donors (Lipinski definition) is 1. The number of rotatable bonds is 7. The van der Waals surface area contributed by atoms with Gasteiger partial charge in [-0.2, -0.15) is 0 Å². The SMILES string of the molecule is COCc1ccc(NCc2ccc(F)cc2)cc1COC. The van der Waals surface area contributed by atoms with Crippen LogP contribution in [0.2, 0.25) is 0 Å². The molecule has 0 aliphatic rings. The quantitative estimate of drug-likeness (QED) is 0.842. The first-order valence-corrected chi connectivity index (χ1v) is 6.81. The Labute approximate surface area is 124 Å². The molecule has 0 aromatic heterocycles. The molecule has 0 spiro atoms. The van der Waals surface area contributed by atoms with Gasteiger partial charge in [0.25, 0.3) is 0 Å². The maximum absolute atomic E-state index is 12.9. The largest absolute Gasteiger partial charge is 0.381 e. The summed E-state index contributed by atoms with van der Waals surface area (Å²) in [5.74, 6) is -0.218. The zero-order chi connectivity index (χ0) is 15.1. The first kappa shape index (κ1) is 15.5. The highest BCUT2D eigenvalue weighted by Gasteiger charge is 2.04. The van der Waals surface area contributed by atoms with E-state index in [2.05, 4.69) is 11.4 Å². The second-order valence-electron chi connectivity index (χ2n) is 4.83. The fourth-order valence-corrected chi connectivity index (χ4v) is 2.13. The van der Waals surface area contributed by atoms with Gasteiger partial charge in [-0.25, -0.2) is 4.39 Å². The van der Waals surface area contributed by atoms with Gasteiger partial charge in [-0.05, 0) is 41.0 Å². The van der Waals surface area contributed by atoms with E-state index < -0.39 is 0 Å². The minimum absolute atomic E-state index is 0.218. The lowest BCUT2D eigenvalue weighted by molar-refractivity contribution is 0.168. The van der Waals surface area contributed by atoms with Crippen molar-refractivity contribution in [1.29, 1.82) is 0 Å².